The first-order chi connectivity index (χ1) is 9.16. The van der Waals surface area contributed by atoms with Gasteiger partial charge in [-0.3, -0.25) is 4.90 Å². The summed E-state index contributed by atoms with van der Waals surface area (Å²) in [6, 6.07) is 3.53. The van der Waals surface area contributed by atoms with E-state index in [0.29, 0.717) is 5.92 Å². The number of rotatable bonds is 3. The molecular formula is C15H21FN2O. The van der Waals surface area contributed by atoms with E-state index >= 15 is 0 Å². The fraction of sp³-hybridized carbons (Fsp3) is 0.600. The number of nitrogens with one attached hydrogen (secondary N) is 1. The lowest BCUT2D eigenvalue weighted by atomic mass is 9.96. The Morgan fingerprint density at radius 2 is 2.00 bits per heavy atom. The largest absolute Gasteiger partial charge is 0.505 e. The van der Waals surface area contributed by atoms with E-state index in [1.165, 1.54) is 18.9 Å². The monoisotopic (exact) mass is 264 g/mol. The molecule has 0 spiro atoms. The molecule has 1 saturated heterocycles. The predicted molar refractivity (Wildman–Crippen MR) is 72.7 cm³/mol. The highest BCUT2D eigenvalue weighted by molar-refractivity contribution is 5.40. The number of nitrogens with zero attached hydrogens (tertiary/aromatic N) is 1. The van der Waals surface area contributed by atoms with E-state index in [9.17, 15) is 9.50 Å². The number of hydrogen-bond donors (Lipinski definition) is 2. The first-order valence-corrected chi connectivity index (χ1v) is 7.10. The van der Waals surface area contributed by atoms with Crippen LogP contribution in [-0.2, 0) is 0 Å². The summed E-state index contributed by atoms with van der Waals surface area (Å²) >= 11 is 0. The van der Waals surface area contributed by atoms with Gasteiger partial charge in [-0.05, 0) is 37.3 Å². The molecule has 0 unspecified atom stereocenters. The topological polar surface area (TPSA) is 35.5 Å². The highest BCUT2D eigenvalue weighted by atomic mass is 19.1. The molecule has 1 aromatic carbocycles. The Balaban J connectivity index is 1.95. The van der Waals surface area contributed by atoms with E-state index in [4.69, 9.17) is 0 Å². The summed E-state index contributed by atoms with van der Waals surface area (Å²) in [7, 11) is 0. The van der Waals surface area contributed by atoms with Crippen LogP contribution in [0.1, 0.15) is 30.0 Å². The number of piperazine rings is 1. The van der Waals surface area contributed by atoms with Gasteiger partial charge in [-0.15, -0.1) is 0 Å². The lowest BCUT2D eigenvalue weighted by molar-refractivity contribution is 0.153. The van der Waals surface area contributed by atoms with Gasteiger partial charge in [0.15, 0.2) is 11.6 Å². The van der Waals surface area contributed by atoms with E-state index in [1.54, 1.807) is 0 Å². The van der Waals surface area contributed by atoms with Crippen molar-refractivity contribution in [3.8, 4) is 5.75 Å². The average molecular weight is 264 g/mol. The third-order valence-electron chi connectivity index (χ3n) is 4.17. The molecule has 4 heteroatoms. The molecule has 1 aromatic rings. The lowest BCUT2D eigenvalue weighted by Gasteiger charge is -2.36. The van der Waals surface area contributed by atoms with Gasteiger partial charge in [-0.2, -0.15) is 0 Å². The van der Waals surface area contributed by atoms with Crippen LogP contribution >= 0.6 is 0 Å². The van der Waals surface area contributed by atoms with Crippen LogP contribution in [0.15, 0.2) is 12.1 Å². The molecule has 19 heavy (non-hydrogen) atoms. The summed E-state index contributed by atoms with van der Waals surface area (Å²) in [5.74, 6) is -0.0676. The second kappa shape index (κ2) is 5.10. The van der Waals surface area contributed by atoms with Crippen LogP contribution in [0.4, 0.5) is 4.39 Å². The minimum atomic E-state index is -0.490. The Labute approximate surface area is 113 Å². The van der Waals surface area contributed by atoms with E-state index in [2.05, 4.69) is 10.2 Å². The summed E-state index contributed by atoms with van der Waals surface area (Å²) in [6.45, 7) is 5.76. The second-order valence-electron chi connectivity index (χ2n) is 5.75. The quantitative estimate of drug-likeness (QED) is 0.878. The Morgan fingerprint density at radius 3 is 2.63 bits per heavy atom. The normalized spacial score (nSPS) is 22.4. The van der Waals surface area contributed by atoms with Crippen LogP contribution in [0.25, 0.3) is 0 Å². The van der Waals surface area contributed by atoms with E-state index in [1.807, 2.05) is 13.0 Å². The van der Waals surface area contributed by atoms with Gasteiger partial charge in [0.1, 0.15) is 0 Å². The number of halogens is 1. The molecule has 104 valence electrons. The first kappa shape index (κ1) is 12.9. The maximum atomic E-state index is 13.8. The average Bonchev–Trinajstić information content (AvgIpc) is 3.21. The third kappa shape index (κ3) is 2.60. The van der Waals surface area contributed by atoms with Crippen LogP contribution in [0.3, 0.4) is 0 Å². The van der Waals surface area contributed by atoms with Crippen molar-refractivity contribution in [3.63, 3.8) is 0 Å². The SMILES string of the molecule is Cc1cc(F)c(O)c([C@H](C2CC2)N2CCNCC2)c1. The Kier molecular flexibility index (Phi) is 3.46. The van der Waals surface area contributed by atoms with Crippen LogP contribution < -0.4 is 5.32 Å². The van der Waals surface area contributed by atoms with Gasteiger partial charge in [0.25, 0.3) is 0 Å². The summed E-state index contributed by atoms with van der Waals surface area (Å²) in [5.41, 5.74) is 1.66. The summed E-state index contributed by atoms with van der Waals surface area (Å²) in [5, 5.41) is 13.4. The molecule has 3 rings (SSSR count). The van der Waals surface area contributed by atoms with E-state index in [0.717, 1.165) is 37.3 Å². The van der Waals surface area contributed by atoms with Crippen molar-refractivity contribution in [1.82, 2.24) is 10.2 Å². The number of phenolic OH excluding ortho intramolecular Hbond substituents is 1. The van der Waals surface area contributed by atoms with Gasteiger partial charge in [-0.1, -0.05) is 6.07 Å². The fourth-order valence-corrected chi connectivity index (χ4v) is 3.11. The van der Waals surface area contributed by atoms with E-state index in [-0.39, 0.29) is 11.8 Å². The maximum absolute atomic E-state index is 13.8. The molecule has 2 N–H and O–H groups in total. The zero-order chi connectivity index (χ0) is 13.4. The predicted octanol–water partition coefficient (Wildman–Crippen LogP) is 2.20. The van der Waals surface area contributed by atoms with Crippen LogP contribution in [0, 0.1) is 18.7 Å². The molecule has 1 heterocycles. The van der Waals surface area contributed by atoms with Crippen molar-refractivity contribution < 1.29 is 9.50 Å². The molecule has 1 atom stereocenters. The van der Waals surface area contributed by atoms with Crippen LogP contribution in [-0.4, -0.2) is 36.2 Å². The molecule has 1 aliphatic carbocycles. The van der Waals surface area contributed by atoms with Gasteiger partial charge >= 0.3 is 0 Å². The van der Waals surface area contributed by atoms with Gasteiger partial charge in [-0.25, -0.2) is 4.39 Å². The van der Waals surface area contributed by atoms with Crippen molar-refractivity contribution in [3.05, 3.63) is 29.1 Å². The standard InChI is InChI=1S/C15H21FN2O/c1-10-8-12(15(19)13(16)9-10)14(11-2-3-11)18-6-4-17-5-7-18/h8-9,11,14,17,19H,2-7H2,1H3/t14-/m0/s1. The number of aryl methyl sites for hydroxylation is 1. The number of phenols is 1. The van der Waals surface area contributed by atoms with E-state index < -0.39 is 5.82 Å². The van der Waals surface area contributed by atoms with Gasteiger partial charge < -0.3 is 10.4 Å². The zero-order valence-corrected chi connectivity index (χ0v) is 11.3. The molecule has 1 aliphatic heterocycles. The van der Waals surface area contributed by atoms with Crippen LogP contribution in [0.5, 0.6) is 5.75 Å². The Morgan fingerprint density at radius 1 is 1.32 bits per heavy atom. The zero-order valence-electron chi connectivity index (χ0n) is 11.3. The minimum absolute atomic E-state index is 0.152. The lowest BCUT2D eigenvalue weighted by Crippen LogP contribution is -2.45. The second-order valence-corrected chi connectivity index (χ2v) is 5.75. The number of aromatic hydroxyl groups is 1. The van der Waals surface area contributed by atoms with Crippen molar-refractivity contribution >= 4 is 0 Å². The molecule has 3 nitrogen and oxygen atoms in total. The molecule has 0 amide bonds. The number of hydrogen-bond acceptors (Lipinski definition) is 3. The van der Waals surface area contributed by atoms with Crippen LogP contribution in [0.2, 0.25) is 0 Å². The molecular weight excluding hydrogens is 243 g/mol. The van der Waals surface area contributed by atoms with Crippen molar-refractivity contribution in [2.24, 2.45) is 5.92 Å². The van der Waals surface area contributed by atoms with Crippen molar-refractivity contribution in [1.29, 1.82) is 0 Å². The molecule has 2 fully saturated rings. The molecule has 0 bridgehead atoms. The smallest absolute Gasteiger partial charge is 0.165 e. The first-order valence-electron chi connectivity index (χ1n) is 7.10. The van der Waals surface area contributed by atoms with Gasteiger partial charge in [0.05, 0.1) is 0 Å². The molecule has 1 saturated carbocycles. The highest BCUT2D eigenvalue weighted by Crippen LogP contribution is 2.47. The van der Waals surface area contributed by atoms with Crippen molar-refractivity contribution in [2.45, 2.75) is 25.8 Å². The fourth-order valence-electron chi connectivity index (χ4n) is 3.11. The third-order valence-corrected chi connectivity index (χ3v) is 4.17. The minimum Gasteiger partial charge on any atom is -0.505 e. The molecule has 0 aromatic heterocycles. The maximum Gasteiger partial charge on any atom is 0.165 e. The van der Waals surface area contributed by atoms with Crippen molar-refractivity contribution in [2.75, 3.05) is 26.2 Å². The number of benzene rings is 1. The van der Waals surface area contributed by atoms with Gasteiger partial charge in [0, 0.05) is 37.8 Å². The van der Waals surface area contributed by atoms with Gasteiger partial charge in [0.2, 0.25) is 0 Å². The summed E-state index contributed by atoms with van der Waals surface area (Å²) in [6.07, 6.45) is 2.37. The highest BCUT2D eigenvalue weighted by Gasteiger charge is 2.38. The molecule has 0 radical (unpaired) electrons. The summed E-state index contributed by atoms with van der Waals surface area (Å²) in [4.78, 5) is 2.39. The molecule has 2 aliphatic rings. The summed E-state index contributed by atoms with van der Waals surface area (Å²) < 4.78 is 13.8. The Bertz CT molecular complexity index is 467. The Hall–Kier alpha value is -1.13.